The van der Waals surface area contributed by atoms with E-state index in [1.54, 1.807) is 0 Å². The van der Waals surface area contributed by atoms with Gasteiger partial charge >= 0.3 is 0 Å². The van der Waals surface area contributed by atoms with Crippen LogP contribution in [0.4, 0.5) is 0 Å². The molecule has 1 aliphatic rings. The molecule has 0 radical (unpaired) electrons. The van der Waals surface area contributed by atoms with Crippen molar-refractivity contribution in [2.75, 3.05) is 0 Å². The third-order valence-corrected chi connectivity index (χ3v) is 2.59. The smallest absolute Gasteiger partial charge is 0.223 e. The first kappa shape index (κ1) is 10.2. The van der Waals surface area contributed by atoms with Crippen molar-refractivity contribution in [3.8, 4) is 0 Å². The number of amides is 1. The van der Waals surface area contributed by atoms with Crippen LogP contribution in [0.3, 0.4) is 0 Å². The standard InChI is InChI=1S/C12H15NO2/c14-8-10-3-1-2-9(6-10)7-13-12(15)11-4-5-11/h1-3,6,11,14H,4-5,7-8H2,(H,13,15). The zero-order valence-electron chi connectivity index (χ0n) is 8.57. The lowest BCUT2D eigenvalue weighted by Gasteiger charge is -2.05. The van der Waals surface area contributed by atoms with Gasteiger partial charge in [0.1, 0.15) is 0 Å². The SMILES string of the molecule is O=C(NCc1cccc(CO)c1)C1CC1. The van der Waals surface area contributed by atoms with Crippen LogP contribution in [0.5, 0.6) is 0 Å². The third kappa shape index (κ3) is 2.80. The van der Waals surface area contributed by atoms with E-state index in [4.69, 9.17) is 5.11 Å². The van der Waals surface area contributed by atoms with E-state index in [2.05, 4.69) is 5.32 Å². The number of benzene rings is 1. The molecule has 1 saturated carbocycles. The van der Waals surface area contributed by atoms with Gasteiger partial charge in [-0.25, -0.2) is 0 Å². The summed E-state index contributed by atoms with van der Waals surface area (Å²) < 4.78 is 0. The molecule has 0 saturated heterocycles. The Morgan fingerprint density at radius 2 is 2.13 bits per heavy atom. The van der Waals surface area contributed by atoms with E-state index in [9.17, 15) is 4.79 Å². The van der Waals surface area contributed by atoms with Crippen molar-refractivity contribution in [1.29, 1.82) is 0 Å². The van der Waals surface area contributed by atoms with Gasteiger partial charge in [0.2, 0.25) is 5.91 Å². The lowest BCUT2D eigenvalue weighted by molar-refractivity contribution is -0.122. The van der Waals surface area contributed by atoms with Gasteiger partial charge in [0.05, 0.1) is 6.61 Å². The number of carbonyl (C=O) groups excluding carboxylic acids is 1. The Kier molecular flexibility index (Phi) is 3.02. The zero-order valence-corrected chi connectivity index (χ0v) is 8.57. The summed E-state index contributed by atoms with van der Waals surface area (Å²) in [6.07, 6.45) is 2.06. The number of rotatable bonds is 4. The topological polar surface area (TPSA) is 49.3 Å². The highest BCUT2D eigenvalue weighted by Crippen LogP contribution is 2.28. The molecule has 1 aromatic carbocycles. The Morgan fingerprint density at radius 1 is 1.40 bits per heavy atom. The Bertz CT molecular complexity index is 358. The molecule has 0 atom stereocenters. The molecule has 3 nitrogen and oxygen atoms in total. The van der Waals surface area contributed by atoms with E-state index in [0.717, 1.165) is 24.0 Å². The number of hydrogen-bond donors (Lipinski definition) is 2. The predicted octanol–water partition coefficient (Wildman–Crippen LogP) is 1.21. The molecule has 1 aromatic rings. The maximum absolute atomic E-state index is 11.4. The highest BCUT2D eigenvalue weighted by Gasteiger charge is 2.29. The fraction of sp³-hybridized carbons (Fsp3) is 0.417. The summed E-state index contributed by atoms with van der Waals surface area (Å²) >= 11 is 0. The molecule has 0 aliphatic heterocycles. The molecule has 1 fully saturated rings. The maximum Gasteiger partial charge on any atom is 0.223 e. The van der Waals surface area contributed by atoms with E-state index >= 15 is 0 Å². The zero-order chi connectivity index (χ0) is 10.7. The van der Waals surface area contributed by atoms with Crippen LogP contribution in [0.25, 0.3) is 0 Å². The van der Waals surface area contributed by atoms with Crippen molar-refractivity contribution in [2.45, 2.75) is 26.0 Å². The van der Waals surface area contributed by atoms with Gasteiger partial charge in [-0.1, -0.05) is 24.3 Å². The van der Waals surface area contributed by atoms with Crippen LogP contribution in [0.15, 0.2) is 24.3 Å². The van der Waals surface area contributed by atoms with Gasteiger partial charge in [0.25, 0.3) is 0 Å². The van der Waals surface area contributed by atoms with Gasteiger partial charge in [-0.3, -0.25) is 4.79 Å². The van der Waals surface area contributed by atoms with Crippen molar-refractivity contribution in [1.82, 2.24) is 5.32 Å². The lowest BCUT2D eigenvalue weighted by atomic mass is 10.1. The van der Waals surface area contributed by atoms with Crippen molar-refractivity contribution < 1.29 is 9.90 Å². The molecule has 80 valence electrons. The first-order valence-electron chi connectivity index (χ1n) is 5.26. The summed E-state index contributed by atoms with van der Waals surface area (Å²) in [5.74, 6) is 0.412. The van der Waals surface area contributed by atoms with Crippen LogP contribution < -0.4 is 5.32 Å². The molecule has 15 heavy (non-hydrogen) atoms. The minimum atomic E-state index is 0.0460. The lowest BCUT2D eigenvalue weighted by Crippen LogP contribution is -2.24. The summed E-state index contributed by atoms with van der Waals surface area (Å²) in [6, 6.07) is 7.62. The normalized spacial score (nSPS) is 15.0. The van der Waals surface area contributed by atoms with Crippen LogP contribution in [-0.2, 0) is 17.9 Å². The largest absolute Gasteiger partial charge is 0.392 e. The quantitative estimate of drug-likeness (QED) is 0.776. The Labute approximate surface area is 89.1 Å². The van der Waals surface area contributed by atoms with Gasteiger partial charge in [-0.2, -0.15) is 0 Å². The molecular weight excluding hydrogens is 190 g/mol. The second-order valence-electron chi connectivity index (χ2n) is 3.97. The second-order valence-corrected chi connectivity index (χ2v) is 3.97. The van der Waals surface area contributed by atoms with Gasteiger partial charge in [-0.15, -0.1) is 0 Å². The van der Waals surface area contributed by atoms with Crippen molar-refractivity contribution in [2.24, 2.45) is 5.92 Å². The summed E-state index contributed by atoms with van der Waals surface area (Å²) in [5, 5.41) is 11.8. The minimum Gasteiger partial charge on any atom is -0.392 e. The molecule has 2 N–H and O–H groups in total. The number of nitrogens with one attached hydrogen (secondary N) is 1. The highest BCUT2D eigenvalue weighted by molar-refractivity contribution is 5.80. The number of hydrogen-bond acceptors (Lipinski definition) is 2. The molecule has 3 heteroatoms. The van der Waals surface area contributed by atoms with E-state index in [0.29, 0.717) is 6.54 Å². The number of aliphatic hydroxyl groups is 1. The Balaban J connectivity index is 1.89. The van der Waals surface area contributed by atoms with Crippen molar-refractivity contribution in [3.63, 3.8) is 0 Å². The van der Waals surface area contributed by atoms with Gasteiger partial charge in [-0.05, 0) is 24.0 Å². The highest BCUT2D eigenvalue weighted by atomic mass is 16.3. The molecule has 2 rings (SSSR count). The number of aliphatic hydroxyl groups excluding tert-OH is 1. The Hall–Kier alpha value is -1.35. The molecule has 0 heterocycles. The van der Waals surface area contributed by atoms with Crippen molar-refractivity contribution >= 4 is 5.91 Å². The van der Waals surface area contributed by atoms with Crippen LogP contribution in [0, 0.1) is 5.92 Å². The van der Waals surface area contributed by atoms with Crippen molar-refractivity contribution in [3.05, 3.63) is 35.4 Å². The summed E-state index contributed by atoms with van der Waals surface area (Å²) in [6.45, 7) is 0.605. The second kappa shape index (κ2) is 4.45. The Morgan fingerprint density at radius 3 is 2.80 bits per heavy atom. The average Bonchev–Trinajstić information content (AvgIpc) is 3.10. The minimum absolute atomic E-state index is 0.0460. The molecule has 1 amide bonds. The first-order valence-corrected chi connectivity index (χ1v) is 5.26. The molecule has 0 spiro atoms. The molecule has 0 aromatic heterocycles. The number of carbonyl (C=O) groups is 1. The molecule has 1 aliphatic carbocycles. The van der Waals surface area contributed by atoms with E-state index in [-0.39, 0.29) is 18.4 Å². The predicted molar refractivity (Wildman–Crippen MR) is 56.9 cm³/mol. The van der Waals surface area contributed by atoms with Crippen LogP contribution in [-0.4, -0.2) is 11.0 Å². The van der Waals surface area contributed by atoms with Gasteiger partial charge in [0, 0.05) is 12.5 Å². The maximum atomic E-state index is 11.4. The fourth-order valence-corrected chi connectivity index (χ4v) is 1.52. The van der Waals surface area contributed by atoms with E-state index < -0.39 is 0 Å². The van der Waals surface area contributed by atoms with Gasteiger partial charge in [0.15, 0.2) is 0 Å². The first-order chi connectivity index (χ1) is 7.29. The summed E-state index contributed by atoms with van der Waals surface area (Å²) in [7, 11) is 0. The van der Waals surface area contributed by atoms with Gasteiger partial charge < -0.3 is 10.4 Å². The molecular formula is C12H15NO2. The summed E-state index contributed by atoms with van der Waals surface area (Å²) in [4.78, 5) is 11.4. The molecule has 0 bridgehead atoms. The molecule has 0 unspecified atom stereocenters. The third-order valence-electron chi connectivity index (χ3n) is 2.59. The van der Waals surface area contributed by atoms with E-state index in [1.807, 2.05) is 24.3 Å². The summed E-state index contributed by atoms with van der Waals surface area (Å²) in [5.41, 5.74) is 1.92. The van der Waals surface area contributed by atoms with Crippen LogP contribution >= 0.6 is 0 Å². The fourth-order valence-electron chi connectivity index (χ4n) is 1.52. The van der Waals surface area contributed by atoms with Crippen LogP contribution in [0.2, 0.25) is 0 Å². The average molecular weight is 205 g/mol. The van der Waals surface area contributed by atoms with E-state index in [1.165, 1.54) is 0 Å². The monoisotopic (exact) mass is 205 g/mol. The van der Waals surface area contributed by atoms with Crippen LogP contribution in [0.1, 0.15) is 24.0 Å².